The molecular formula is C58H94N8O15P2S5. The number of aliphatic hydroxyl groups is 1. The fourth-order valence-corrected chi connectivity index (χ4v) is 10.6. The lowest BCUT2D eigenvalue weighted by molar-refractivity contribution is -0.129. The summed E-state index contributed by atoms with van der Waals surface area (Å²) < 4.78 is 73.0. The van der Waals surface area contributed by atoms with Gasteiger partial charge in [-0.25, -0.2) is 30.4 Å². The zero-order chi connectivity index (χ0) is 67.6. The minimum atomic E-state index is -4.01. The first-order chi connectivity index (χ1) is 41.0. The van der Waals surface area contributed by atoms with E-state index in [0.29, 0.717) is 12.3 Å². The number of carbonyl (C=O) groups is 8. The summed E-state index contributed by atoms with van der Waals surface area (Å²) in [5.41, 5.74) is 3.96. The number of nitrogens with two attached hydrogens (primary N) is 1. The molecule has 0 aliphatic heterocycles. The number of aryl methyl sites for hydroxylation is 2. The normalized spacial score (nSPS) is 13.2. The number of hydrogen-bond donors (Lipinski definition) is 9. The lowest BCUT2D eigenvalue weighted by atomic mass is 9.91. The standard InChI is InChI=1S/C41H58N4O8S.C12H24N2O4S.C5H12N2O3S.P2S2/c1-28(2)24-34(40(50)45-54(52,53)23-11-16-38(48)42-6)27-35(46)21-22-43-41(51)36(26-33-20-17-29(3)31(5)25-33)44-39(49)15-10-14-37(47)30(4)18-19-32-12-8-7-9-13-32;1-9(2)8-10(3)12(16)14-19(17,18)7-5-6-11(15)13-4;1-7-5(8)3-2-4-11(6,9)10;3-1-2-4/h7-10,12-13,15,17-20,25,28,30,34,36-37,47H,11,14,16,21-24,26-27H2,1-6H3,(H,42,48)(H,43,51)(H,44,49)(H,45,50);9-10H,5-8H2,1-4H3,(H,13,15)(H,14,16);2-4H2,1H3,(H,7,8)(H2,6,9,10);/b15-10+,19-18+;;;/t30-,34-,36-,37+;10-;;/m10../s1. The number of hydrogen-bond acceptors (Lipinski definition) is 17. The zero-order valence-corrected chi connectivity index (χ0v) is 58.3. The molecule has 30 heteroatoms. The van der Waals surface area contributed by atoms with E-state index in [9.17, 15) is 68.7 Å². The van der Waals surface area contributed by atoms with Gasteiger partial charge in [-0.05, 0) is 116 Å². The number of amides is 7. The van der Waals surface area contributed by atoms with E-state index in [2.05, 4.69) is 59.6 Å². The van der Waals surface area contributed by atoms with Gasteiger partial charge in [0.05, 0.1) is 23.4 Å². The third-order valence-electron chi connectivity index (χ3n) is 12.7. The van der Waals surface area contributed by atoms with E-state index < -0.39 is 77.5 Å². The van der Waals surface area contributed by atoms with Crippen molar-refractivity contribution >= 4 is 121 Å². The molecule has 2 aromatic carbocycles. The average Bonchev–Trinajstić information content (AvgIpc) is 3.63. The van der Waals surface area contributed by atoms with Crippen LogP contribution in [0, 0.1) is 43.4 Å². The molecule has 23 nitrogen and oxygen atoms in total. The first kappa shape index (κ1) is 84.8. The Morgan fingerprint density at radius 3 is 1.61 bits per heavy atom. The first-order valence-electron chi connectivity index (χ1n) is 28.6. The van der Waals surface area contributed by atoms with E-state index in [1.54, 1.807) is 13.0 Å². The van der Waals surface area contributed by atoms with Crippen LogP contribution in [-0.4, -0.2) is 135 Å². The van der Waals surface area contributed by atoms with Gasteiger partial charge in [0.25, 0.3) is 0 Å². The summed E-state index contributed by atoms with van der Waals surface area (Å²) in [7, 11) is -4.89. The summed E-state index contributed by atoms with van der Waals surface area (Å²) in [6.45, 7) is 15.1. The molecule has 0 spiro atoms. The Balaban J connectivity index is 0. The Hall–Kier alpha value is -5.31. The van der Waals surface area contributed by atoms with Gasteiger partial charge in [0.1, 0.15) is 11.8 Å². The van der Waals surface area contributed by atoms with Crippen LogP contribution >= 0.6 is 14.1 Å². The van der Waals surface area contributed by atoms with Crippen molar-refractivity contribution in [2.24, 2.45) is 34.7 Å². The molecule has 7 amide bonds. The van der Waals surface area contributed by atoms with Gasteiger partial charge in [0, 0.05) is 98.1 Å². The molecule has 0 radical (unpaired) electrons. The van der Waals surface area contributed by atoms with Crippen LogP contribution in [0.4, 0.5) is 0 Å². The van der Waals surface area contributed by atoms with Gasteiger partial charge in [0.2, 0.25) is 71.4 Å². The highest BCUT2D eigenvalue weighted by molar-refractivity contribution is 8.40. The van der Waals surface area contributed by atoms with Crippen LogP contribution in [0.25, 0.3) is 6.08 Å². The number of carbonyl (C=O) groups excluding carboxylic acids is 8. The minimum Gasteiger partial charge on any atom is -0.392 e. The van der Waals surface area contributed by atoms with Gasteiger partial charge in [-0.1, -0.05) is 108 Å². The number of Topliss-reactive ketones (excluding diaryl/α,β-unsaturated/α-hetero) is 1. The summed E-state index contributed by atoms with van der Waals surface area (Å²) >= 11 is 8.82. The van der Waals surface area contributed by atoms with Gasteiger partial charge >= 0.3 is 0 Å². The van der Waals surface area contributed by atoms with Crippen LogP contribution in [0.5, 0.6) is 0 Å². The number of nitrogens with one attached hydrogen (secondary N) is 7. The number of benzene rings is 2. The Bertz CT molecular complexity index is 2950. The maximum atomic E-state index is 13.4. The quantitative estimate of drug-likeness (QED) is 0.0311. The summed E-state index contributed by atoms with van der Waals surface area (Å²) in [6.07, 6.45) is 7.82. The molecule has 0 bridgehead atoms. The van der Waals surface area contributed by atoms with Crippen molar-refractivity contribution in [2.75, 3.05) is 44.9 Å². The van der Waals surface area contributed by atoms with Gasteiger partial charge in [-0.3, -0.25) is 47.8 Å². The Morgan fingerprint density at radius 2 is 1.15 bits per heavy atom. The average molecular weight is 1370 g/mol. The van der Waals surface area contributed by atoms with Gasteiger partial charge in [0.15, 0.2) is 0 Å². The number of aliphatic hydroxyl groups excluding tert-OH is 1. The van der Waals surface area contributed by atoms with Crippen molar-refractivity contribution in [3.63, 3.8) is 0 Å². The molecule has 0 unspecified atom stereocenters. The molecule has 5 atom stereocenters. The van der Waals surface area contributed by atoms with Gasteiger partial charge in [-0.15, -0.1) is 0 Å². The summed E-state index contributed by atoms with van der Waals surface area (Å²) in [5.74, 6) is -5.16. The molecule has 0 heterocycles. The molecule has 2 aromatic rings. The maximum Gasteiger partial charge on any atom is 0.244 e. The molecule has 496 valence electrons. The van der Waals surface area contributed by atoms with Crippen molar-refractivity contribution in [1.82, 2.24) is 36.0 Å². The Kier molecular flexibility index (Phi) is 45.0. The summed E-state index contributed by atoms with van der Waals surface area (Å²) in [6, 6.07) is 14.5. The van der Waals surface area contributed by atoms with Crippen molar-refractivity contribution in [1.29, 1.82) is 0 Å². The molecule has 0 aliphatic rings. The van der Waals surface area contributed by atoms with E-state index in [1.807, 2.05) is 109 Å². The van der Waals surface area contributed by atoms with Crippen LogP contribution in [0.3, 0.4) is 0 Å². The molecule has 2 rings (SSSR count). The van der Waals surface area contributed by atoms with Crippen molar-refractivity contribution in [3.8, 4) is 0 Å². The molecule has 0 saturated heterocycles. The fourth-order valence-electron chi connectivity index (χ4n) is 7.82. The molecule has 0 fully saturated rings. The Morgan fingerprint density at radius 1 is 0.648 bits per heavy atom. The molecule has 0 saturated carbocycles. The predicted molar refractivity (Wildman–Crippen MR) is 355 cm³/mol. The van der Waals surface area contributed by atoms with Crippen molar-refractivity contribution in [3.05, 3.63) is 89.0 Å². The first-order valence-corrected chi connectivity index (χ1v) is 38.2. The summed E-state index contributed by atoms with van der Waals surface area (Å²) in [4.78, 5) is 96.9. The molecule has 10 N–H and O–H groups in total. The lowest BCUT2D eigenvalue weighted by Crippen LogP contribution is -2.48. The SMILES string of the molecule is CNC(=O)CCCS(=O)(=O)NC(=O)[C@@H](C)CC(C)C.CNC(=O)CCCS(=O)(=O)NC(=O)[C@@H](CC(=O)CCNC(=O)[C@@H](Cc1ccc(C)c(C)c1)NC(=O)/C=C/C[C@H](O)[C@H](C)/C=C/c1ccccc1)CC(C)C.CNC(=O)CCCS(N)(=O)=O.S=PP=S. The number of sulfonamides is 3. The molecule has 88 heavy (non-hydrogen) atoms. The smallest absolute Gasteiger partial charge is 0.244 e. The number of rotatable bonds is 36. The van der Waals surface area contributed by atoms with E-state index in [4.69, 9.17) is 5.14 Å². The van der Waals surface area contributed by atoms with Crippen LogP contribution in [-0.2, 0) is 98.5 Å². The zero-order valence-electron chi connectivity index (χ0n) is 52.5. The second kappa shape index (κ2) is 46.7. The number of ketones is 1. The summed E-state index contributed by atoms with van der Waals surface area (Å²) in [5, 5.41) is 28.0. The fraction of sp³-hybridized carbons (Fsp3) is 0.586. The monoisotopic (exact) mass is 1360 g/mol. The van der Waals surface area contributed by atoms with Crippen molar-refractivity contribution in [2.45, 2.75) is 145 Å². The predicted octanol–water partition coefficient (Wildman–Crippen LogP) is 5.25. The highest BCUT2D eigenvalue weighted by Crippen LogP contribution is 2.19. The third kappa shape index (κ3) is 45.0. The lowest BCUT2D eigenvalue weighted by Gasteiger charge is -2.20. The second-order valence-corrected chi connectivity index (χ2v) is 31.3. The second-order valence-electron chi connectivity index (χ2n) is 21.6. The Labute approximate surface area is 535 Å². The van der Waals surface area contributed by atoms with E-state index in [1.165, 1.54) is 27.2 Å². The van der Waals surface area contributed by atoms with Crippen LogP contribution in [0.2, 0.25) is 0 Å². The van der Waals surface area contributed by atoms with E-state index in [-0.39, 0.29) is 130 Å². The molecule has 0 aliphatic carbocycles. The van der Waals surface area contributed by atoms with Crippen LogP contribution in [0.15, 0.2) is 66.8 Å². The van der Waals surface area contributed by atoms with Gasteiger partial charge in [-0.2, -0.15) is 0 Å². The largest absolute Gasteiger partial charge is 0.392 e. The number of primary sulfonamides is 1. The van der Waals surface area contributed by atoms with E-state index in [0.717, 1.165) is 36.3 Å². The maximum absolute atomic E-state index is 13.4. The highest BCUT2D eigenvalue weighted by Gasteiger charge is 2.28. The van der Waals surface area contributed by atoms with Gasteiger partial charge < -0.3 is 31.7 Å². The topological polar surface area (TPSA) is 369 Å². The molecule has 0 aromatic heterocycles. The third-order valence-corrected chi connectivity index (χ3v) is 18.9. The van der Waals surface area contributed by atoms with Crippen LogP contribution in [0.1, 0.15) is 134 Å². The highest BCUT2D eigenvalue weighted by atomic mass is 32.7. The van der Waals surface area contributed by atoms with E-state index >= 15 is 0 Å². The van der Waals surface area contributed by atoms with Crippen LogP contribution < -0.4 is 41.2 Å². The minimum absolute atomic E-state index is 0.00354. The molecular weight excluding hydrogens is 1270 g/mol. The van der Waals surface area contributed by atoms with Crippen molar-refractivity contribution < 1.29 is 68.7 Å².